The number of thioether (sulfide) groups is 1. The number of hydrogen-bond acceptors (Lipinski definition) is 4. The van der Waals surface area contributed by atoms with Crippen molar-refractivity contribution in [3.05, 3.63) is 51.2 Å². The highest BCUT2D eigenvalue weighted by Crippen LogP contribution is 2.30. The fourth-order valence-electron chi connectivity index (χ4n) is 2.64. The summed E-state index contributed by atoms with van der Waals surface area (Å²) in [5.41, 5.74) is 2.43. The predicted molar refractivity (Wildman–Crippen MR) is 109 cm³/mol. The van der Waals surface area contributed by atoms with E-state index < -0.39 is 0 Å². The zero-order valence-electron chi connectivity index (χ0n) is 14.5. The Morgan fingerprint density at radius 3 is 2.64 bits per heavy atom. The fraction of sp³-hybridized carbons (Fsp3) is 0.368. The van der Waals surface area contributed by atoms with E-state index in [1.54, 1.807) is 11.8 Å². The molecule has 0 bridgehead atoms. The van der Waals surface area contributed by atoms with E-state index in [4.69, 9.17) is 11.6 Å². The van der Waals surface area contributed by atoms with Gasteiger partial charge in [0.25, 0.3) is 0 Å². The lowest BCUT2D eigenvalue weighted by molar-refractivity contribution is 0.626. The standard InChI is InChI=1S/C19H22ClN3S2/c1-3-5-17-11-15(13-24-17)18-21-22-19(23(18)10-4-2)25-12-14-6-8-16(20)9-7-14/h6-9,11,13H,3-5,10,12H2,1-2H3. The molecule has 3 rings (SSSR count). The van der Waals surface area contributed by atoms with Crippen LogP contribution in [-0.2, 0) is 18.7 Å². The third-order valence-corrected chi connectivity index (χ3v) is 6.14. The van der Waals surface area contributed by atoms with Crippen LogP contribution in [0.15, 0.2) is 40.9 Å². The van der Waals surface area contributed by atoms with Crippen molar-refractivity contribution in [2.24, 2.45) is 0 Å². The van der Waals surface area contributed by atoms with Crippen LogP contribution in [0.3, 0.4) is 0 Å². The molecular weight excluding hydrogens is 370 g/mol. The first-order chi connectivity index (χ1) is 12.2. The van der Waals surface area contributed by atoms with Crippen LogP contribution in [0.4, 0.5) is 0 Å². The van der Waals surface area contributed by atoms with Crippen molar-refractivity contribution in [3.8, 4) is 11.4 Å². The molecule has 25 heavy (non-hydrogen) atoms. The van der Waals surface area contributed by atoms with Gasteiger partial charge in [-0.1, -0.05) is 55.8 Å². The molecule has 3 aromatic rings. The van der Waals surface area contributed by atoms with Crippen molar-refractivity contribution in [2.75, 3.05) is 0 Å². The summed E-state index contributed by atoms with van der Waals surface area (Å²) in [7, 11) is 0. The van der Waals surface area contributed by atoms with Gasteiger partial charge in [0.2, 0.25) is 0 Å². The average molecular weight is 392 g/mol. The molecule has 0 spiro atoms. The van der Waals surface area contributed by atoms with Gasteiger partial charge in [-0.2, -0.15) is 0 Å². The molecule has 2 aromatic heterocycles. The number of hydrogen-bond donors (Lipinski definition) is 0. The smallest absolute Gasteiger partial charge is 0.191 e. The van der Waals surface area contributed by atoms with Gasteiger partial charge in [-0.25, -0.2) is 0 Å². The highest BCUT2D eigenvalue weighted by Gasteiger charge is 2.15. The van der Waals surface area contributed by atoms with Crippen LogP contribution in [0.5, 0.6) is 0 Å². The van der Waals surface area contributed by atoms with Crippen LogP contribution in [0.25, 0.3) is 11.4 Å². The van der Waals surface area contributed by atoms with Crippen LogP contribution >= 0.6 is 34.7 Å². The first-order valence-electron chi connectivity index (χ1n) is 8.59. The van der Waals surface area contributed by atoms with Crippen molar-refractivity contribution < 1.29 is 0 Å². The number of nitrogens with zero attached hydrogens (tertiary/aromatic N) is 3. The summed E-state index contributed by atoms with van der Waals surface area (Å²) in [5, 5.41) is 12.9. The predicted octanol–water partition coefficient (Wildman–Crippen LogP) is 6.31. The van der Waals surface area contributed by atoms with Gasteiger partial charge in [0, 0.05) is 33.1 Å². The Morgan fingerprint density at radius 2 is 1.92 bits per heavy atom. The molecule has 132 valence electrons. The Morgan fingerprint density at radius 1 is 1.12 bits per heavy atom. The molecule has 0 atom stereocenters. The maximum absolute atomic E-state index is 5.96. The number of benzene rings is 1. The summed E-state index contributed by atoms with van der Waals surface area (Å²) < 4.78 is 2.25. The topological polar surface area (TPSA) is 30.7 Å². The second-order valence-corrected chi connectivity index (χ2v) is 8.30. The average Bonchev–Trinajstić information content (AvgIpc) is 3.22. The third kappa shape index (κ3) is 4.66. The molecule has 6 heteroatoms. The zero-order valence-corrected chi connectivity index (χ0v) is 16.9. The van der Waals surface area contributed by atoms with Crippen LogP contribution in [-0.4, -0.2) is 14.8 Å². The maximum atomic E-state index is 5.96. The summed E-state index contributed by atoms with van der Waals surface area (Å²) in [6.07, 6.45) is 3.36. The molecule has 0 aliphatic heterocycles. The van der Waals surface area contributed by atoms with E-state index in [1.807, 2.05) is 23.5 Å². The highest BCUT2D eigenvalue weighted by atomic mass is 35.5. The molecule has 0 N–H and O–H groups in total. The van der Waals surface area contributed by atoms with Crippen LogP contribution < -0.4 is 0 Å². The summed E-state index contributed by atoms with van der Waals surface area (Å²) in [6.45, 7) is 5.34. The fourth-order valence-corrected chi connectivity index (χ4v) is 4.65. The van der Waals surface area contributed by atoms with E-state index in [0.717, 1.165) is 41.1 Å². The number of aryl methyl sites for hydroxylation is 1. The number of rotatable bonds is 8. The Hall–Kier alpha value is -1.30. The van der Waals surface area contributed by atoms with Gasteiger partial charge >= 0.3 is 0 Å². The minimum absolute atomic E-state index is 0.769. The molecule has 3 nitrogen and oxygen atoms in total. The van der Waals surface area contributed by atoms with Crippen LogP contribution in [0, 0.1) is 0 Å². The second-order valence-electron chi connectivity index (χ2n) is 5.92. The summed E-state index contributed by atoms with van der Waals surface area (Å²) >= 11 is 9.50. The summed E-state index contributed by atoms with van der Waals surface area (Å²) in [6, 6.07) is 10.2. The third-order valence-electron chi connectivity index (χ3n) is 3.85. The molecule has 0 fully saturated rings. The molecular formula is C19H22ClN3S2. The summed E-state index contributed by atoms with van der Waals surface area (Å²) in [4.78, 5) is 1.42. The first-order valence-corrected chi connectivity index (χ1v) is 10.8. The van der Waals surface area contributed by atoms with Gasteiger partial charge in [0.1, 0.15) is 0 Å². The van der Waals surface area contributed by atoms with Gasteiger partial charge < -0.3 is 4.57 Å². The Labute approximate surface area is 162 Å². The molecule has 0 aliphatic carbocycles. The molecule has 0 saturated heterocycles. The molecule has 1 aromatic carbocycles. The van der Waals surface area contributed by atoms with Gasteiger partial charge in [0.05, 0.1) is 0 Å². The zero-order chi connectivity index (χ0) is 17.6. The molecule has 0 saturated carbocycles. The van der Waals surface area contributed by atoms with Crippen molar-refractivity contribution in [1.82, 2.24) is 14.8 Å². The van der Waals surface area contributed by atoms with E-state index >= 15 is 0 Å². The van der Waals surface area contributed by atoms with Crippen molar-refractivity contribution in [2.45, 2.75) is 50.6 Å². The van der Waals surface area contributed by atoms with E-state index in [9.17, 15) is 0 Å². The first kappa shape index (κ1) is 18.5. The van der Waals surface area contributed by atoms with Gasteiger partial charge in [0.15, 0.2) is 11.0 Å². The largest absolute Gasteiger partial charge is 0.302 e. The summed E-state index contributed by atoms with van der Waals surface area (Å²) in [5.74, 6) is 1.85. The van der Waals surface area contributed by atoms with Crippen molar-refractivity contribution in [3.63, 3.8) is 0 Å². The highest BCUT2D eigenvalue weighted by molar-refractivity contribution is 7.98. The minimum atomic E-state index is 0.769. The SMILES string of the molecule is CCCc1cc(-c2nnc(SCc3ccc(Cl)cc3)n2CCC)cs1. The van der Waals surface area contributed by atoms with Crippen LogP contribution in [0.2, 0.25) is 5.02 Å². The monoisotopic (exact) mass is 391 g/mol. The number of aromatic nitrogens is 3. The minimum Gasteiger partial charge on any atom is -0.302 e. The van der Waals surface area contributed by atoms with Gasteiger partial charge in [-0.3, -0.25) is 0 Å². The van der Waals surface area contributed by atoms with Gasteiger partial charge in [-0.15, -0.1) is 21.5 Å². The van der Waals surface area contributed by atoms with Crippen molar-refractivity contribution >= 4 is 34.7 Å². The maximum Gasteiger partial charge on any atom is 0.191 e. The molecule has 0 radical (unpaired) electrons. The normalized spacial score (nSPS) is 11.2. The molecule has 0 amide bonds. The number of thiophene rings is 1. The lowest BCUT2D eigenvalue weighted by Gasteiger charge is -2.08. The van der Waals surface area contributed by atoms with E-state index in [1.165, 1.54) is 22.4 Å². The quantitative estimate of drug-likeness (QED) is 0.421. The molecule has 2 heterocycles. The Kier molecular flexibility index (Phi) is 6.57. The Bertz CT molecular complexity index is 808. The lowest BCUT2D eigenvalue weighted by Crippen LogP contribution is -2.01. The van der Waals surface area contributed by atoms with Crippen LogP contribution in [0.1, 0.15) is 37.1 Å². The van der Waals surface area contributed by atoms with Gasteiger partial charge in [-0.05, 0) is 36.6 Å². The molecule has 0 unspecified atom stereocenters. The Balaban J connectivity index is 1.79. The lowest BCUT2D eigenvalue weighted by atomic mass is 10.2. The number of halogens is 1. The van der Waals surface area contributed by atoms with E-state index in [-0.39, 0.29) is 0 Å². The second kappa shape index (κ2) is 8.88. The molecule has 0 aliphatic rings. The van der Waals surface area contributed by atoms with Crippen molar-refractivity contribution in [1.29, 1.82) is 0 Å². The van der Waals surface area contributed by atoms with E-state index in [2.05, 4.69) is 52.2 Å². The van der Waals surface area contributed by atoms with E-state index in [0.29, 0.717) is 0 Å².